The molecule has 1 amide bonds. The van der Waals surface area contributed by atoms with Crippen LogP contribution in [0.2, 0.25) is 0 Å². The number of amides is 1. The zero-order valence-electron chi connectivity index (χ0n) is 12.8. The van der Waals surface area contributed by atoms with Gasteiger partial charge in [0.05, 0.1) is 16.7 Å². The van der Waals surface area contributed by atoms with Crippen molar-refractivity contribution < 1.29 is 17.6 Å². The number of aryl methyl sites for hydroxylation is 1. The second-order valence-electron chi connectivity index (χ2n) is 5.48. The van der Waals surface area contributed by atoms with Gasteiger partial charge in [-0.3, -0.25) is 4.79 Å². The van der Waals surface area contributed by atoms with Crippen LogP contribution in [-0.2, 0) is 10.0 Å². The number of nitrogens with zero attached hydrogens (tertiary/aromatic N) is 1. The minimum atomic E-state index is -3.50. The lowest BCUT2D eigenvalue weighted by Crippen LogP contribution is -2.27. The van der Waals surface area contributed by atoms with E-state index >= 15 is 0 Å². The summed E-state index contributed by atoms with van der Waals surface area (Å²) < 4.78 is 31.7. The summed E-state index contributed by atoms with van der Waals surface area (Å²) in [6.07, 6.45) is 3.21. The van der Waals surface area contributed by atoms with E-state index in [1.54, 1.807) is 31.2 Å². The average molecular weight is 334 g/mol. The molecular formula is C16H18N2O4S. The summed E-state index contributed by atoms with van der Waals surface area (Å²) in [6, 6.07) is 7.90. The lowest BCUT2D eigenvalue weighted by atomic mass is 10.2. The summed E-state index contributed by atoms with van der Waals surface area (Å²) in [5.41, 5.74) is 0.869. The van der Waals surface area contributed by atoms with Crippen molar-refractivity contribution in [1.82, 2.24) is 4.31 Å². The van der Waals surface area contributed by atoms with Crippen LogP contribution in [0.25, 0.3) is 0 Å². The number of rotatable bonds is 4. The van der Waals surface area contributed by atoms with Crippen molar-refractivity contribution in [2.45, 2.75) is 24.7 Å². The first-order valence-electron chi connectivity index (χ1n) is 7.44. The van der Waals surface area contributed by atoms with E-state index < -0.39 is 10.0 Å². The molecule has 23 heavy (non-hydrogen) atoms. The number of benzene rings is 1. The van der Waals surface area contributed by atoms with Gasteiger partial charge in [0.25, 0.3) is 5.91 Å². The standard InChI is InChI=1S/C16H18N2O4S/c1-12-15(7-10-22-12)16(19)17-13-5-4-6-14(11-13)23(20,21)18-8-2-3-9-18/h4-7,10-11H,2-3,8-9H2,1H3,(H,17,19). The van der Waals surface area contributed by atoms with Crippen LogP contribution in [0.1, 0.15) is 29.0 Å². The van der Waals surface area contributed by atoms with Gasteiger partial charge in [0.1, 0.15) is 5.76 Å². The van der Waals surface area contributed by atoms with Crippen LogP contribution in [0, 0.1) is 6.92 Å². The summed E-state index contributed by atoms with van der Waals surface area (Å²) in [6.45, 7) is 2.80. The monoisotopic (exact) mass is 334 g/mol. The van der Waals surface area contributed by atoms with Crippen LogP contribution in [0.4, 0.5) is 5.69 Å². The maximum Gasteiger partial charge on any atom is 0.259 e. The van der Waals surface area contributed by atoms with Gasteiger partial charge in [-0.25, -0.2) is 8.42 Å². The lowest BCUT2D eigenvalue weighted by Gasteiger charge is -2.16. The molecule has 0 bridgehead atoms. The first kappa shape index (κ1) is 15.8. The number of nitrogens with one attached hydrogen (secondary N) is 1. The van der Waals surface area contributed by atoms with Crippen LogP contribution in [-0.4, -0.2) is 31.7 Å². The topological polar surface area (TPSA) is 79.6 Å². The third kappa shape index (κ3) is 3.16. The molecule has 0 unspecified atom stereocenters. The van der Waals surface area contributed by atoms with E-state index in [4.69, 9.17) is 4.42 Å². The second-order valence-corrected chi connectivity index (χ2v) is 7.42. The van der Waals surface area contributed by atoms with E-state index in [2.05, 4.69) is 5.32 Å². The molecule has 2 heterocycles. The van der Waals surface area contributed by atoms with E-state index in [-0.39, 0.29) is 10.8 Å². The highest BCUT2D eigenvalue weighted by atomic mass is 32.2. The molecule has 1 aromatic heterocycles. The molecule has 2 aromatic rings. The van der Waals surface area contributed by atoms with Gasteiger partial charge < -0.3 is 9.73 Å². The van der Waals surface area contributed by atoms with Crippen molar-refractivity contribution in [1.29, 1.82) is 0 Å². The van der Waals surface area contributed by atoms with E-state index in [1.165, 1.54) is 16.6 Å². The summed E-state index contributed by atoms with van der Waals surface area (Å²) in [5, 5.41) is 2.71. The third-order valence-electron chi connectivity index (χ3n) is 3.90. The summed E-state index contributed by atoms with van der Waals surface area (Å²) >= 11 is 0. The van der Waals surface area contributed by atoms with Gasteiger partial charge in [0.2, 0.25) is 10.0 Å². The van der Waals surface area contributed by atoms with Gasteiger partial charge in [-0.15, -0.1) is 0 Å². The molecule has 1 N–H and O–H groups in total. The van der Waals surface area contributed by atoms with Crippen molar-refractivity contribution in [3.8, 4) is 0 Å². The molecule has 1 fully saturated rings. The Balaban J connectivity index is 1.83. The molecule has 1 aliphatic rings. The maximum absolute atomic E-state index is 12.6. The predicted molar refractivity (Wildman–Crippen MR) is 85.8 cm³/mol. The van der Waals surface area contributed by atoms with Crippen LogP contribution in [0.15, 0.2) is 45.9 Å². The zero-order chi connectivity index (χ0) is 16.4. The molecular weight excluding hydrogens is 316 g/mol. The highest BCUT2D eigenvalue weighted by Crippen LogP contribution is 2.23. The van der Waals surface area contributed by atoms with Gasteiger partial charge in [0, 0.05) is 18.8 Å². The second kappa shape index (κ2) is 6.17. The minimum Gasteiger partial charge on any atom is -0.469 e. The summed E-state index contributed by atoms with van der Waals surface area (Å²) in [5.74, 6) is 0.190. The average Bonchev–Trinajstić information content (AvgIpc) is 3.19. The molecule has 1 saturated heterocycles. The number of anilines is 1. The van der Waals surface area contributed by atoms with Crippen LogP contribution < -0.4 is 5.32 Å². The lowest BCUT2D eigenvalue weighted by molar-refractivity contribution is 0.102. The maximum atomic E-state index is 12.6. The quantitative estimate of drug-likeness (QED) is 0.932. The molecule has 1 aliphatic heterocycles. The van der Waals surface area contributed by atoms with E-state index in [1.807, 2.05) is 0 Å². The zero-order valence-corrected chi connectivity index (χ0v) is 13.6. The first-order valence-corrected chi connectivity index (χ1v) is 8.88. The largest absolute Gasteiger partial charge is 0.469 e. The van der Waals surface area contributed by atoms with Crippen molar-refractivity contribution >= 4 is 21.6 Å². The number of hydrogen-bond acceptors (Lipinski definition) is 4. The highest BCUT2D eigenvalue weighted by molar-refractivity contribution is 7.89. The molecule has 0 saturated carbocycles. The van der Waals surface area contributed by atoms with Crippen LogP contribution in [0.5, 0.6) is 0 Å². The van der Waals surface area contributed by atoms with Gasteiger partial charge in [0.15, 0.2) is 0 Å². The molecule has 3 rings (SSSR count). The Bertz CT molecular complexity index is 820. The van der Waals surface area contributed by atoms with Gasteiger partial charge in [-0.2, -0.15) is 4.31 Å². The first-order chi connectivity index (χ1) is 11.0. The van der Waals surface area contributed by atoms with Crippen molar-refractivity contribution in [2.24, 2.45) is 0 Å². The van der Waals surface area contributed by atoms with Crippen LogP contribution in [0.3, 0.4) is 0 Å². The number of carbonyl (C=O) groups is 1. The molecule has 7 heteroatoms. The molecule has 122 valence electrons. The Labute approximate surface area is 135 Å². The molecule has 0 atom stereocenters. The SMILES string of the molecule is Cc1occc1C(=O)Nc1cccc(S(=O)(=O)N2CCCC2)c1. The third-order valence-corrected chi connectivity index (χ3v) is 5.79. The fraction of sp³-hybridized carbons (Fsp3) is 0.312. The molecule has 0 radical (unpaired) electrons. The molecule has 1 aromatic carbocycles. The summed E-state index contributed by atoms with van der Waals surface area (Å²) in [7, 11) is -3.50. The number of sulfonamides is 1. The molecule has 6 nitrogen and oxygen atoms in total. The van der Waals surface area contributed by atoms with E-state index in [9.17, 15) is 13.2 Å². The van der Waals surface area contributed by atoms with Gasteiger partial charge >= 0.3 is 0 Å². The minimum absolute atomic E-state index is 0.195. The number of furan rings is 1. The van der Waals surface area contributed by atoms with Crippen molar-refractivity contribution in [3.05, 3.63) is 47.9 Å². The van der Waals surface area contributed by atoms with E-state index in [0.29, 0.717) is 30.1 Å². The Hall–Kier alpha value is -2.12. The van der Waals surface area contributed by atoms with E-state index in [0.717, 1.165) is 12.8 Å². The van der Waals surface area contributed by atoms with Crippen molar-refractivity contribution in [2.75, 3.05) is 18.4 Å². The molecule has 0 aliphatic carbocycles. The predicted octanol–water partition coefficient (Wildman–Crippen LogP) is 2.62. The number of hydrogen-bond donors (Lipinski definition) is 1. The molecule has 0 spiro atoms. The Morgan fingerprint density at radius 3 is 2.61 bits per heavy atom. The Morgan fingerprint density at radius 2 is 1.96 bits per heavy atom. The summed E-state index contributed by atoms with van der Waals surface area (Å²) in [4.78, 5) is 12.4. The highest BCUT2D eigenvalue weighted by Gasteiger charge is 2.27. The van der Waals surface area contributed by atoms with Gasteiger partial charge in [-0.05, 0) is 44.0 Å². The number of carbonyl (C=O) groups excluding carboxylic acids is 1. The van der Waals surface area contributed by atoms with Gasteiger partial charge in [-0.1, -0.05) is 6.07 Å². The Morgan fingerprint density at radius 1 is 1.22 bits per heavy atom. The fourth-order valence-corrected chi connectivity index (χ4v) is 4.19. The Kier molecular flexibility index (Phi) is 4.23. The van der Waals surface area contributed by atoms with Crippen LogP contribution >= 0.6 is 0 Å². The normalized spacial score (nSPS) is 15.7. The smallest absolute Gasteiger partial charge is 0.259 e. The van der Waals surface area contributed by atoms with Crippen molar-refractivity contribution in [3.63, 3.8) is 0 Å². The fourth-order valence-electron chi connectivity index (χ4n) is 2.63.